The van der Waals surface area contributed by atoms with Crippen LogP contribution in [0.1, 0.15) is 0 Å². The first-order valence-corrected chi connectivity index (χ1v) is 9.52. The molecule has 0 rings (SSSR count). The number of amides is 2. The van der Waals surface area contributed by atoms with E-state index in [0.717, 1.165) is 0 Å². The van der Waals surface area contributed by atoms with Gasteiger partial charge in [0.25, 0.3) is 0 Å². The summed E-state index contributed by atoms with van der Waals surface area (Å²) in [5.41, 5.74) is 0. The summed E-state index contributed by atoms with van der Waals surface area (Å²) in [6, 6.07) is 0. The minimum Gasteiger partial charge on any atom is -0.267 e. The van der Waals surface area contributed by atoms with Crippen molar-refractivity contribution in [3.8, 4) is 0 Å². The van der Waals surface area contributed by atoms with Crippen LogP contribution in [0.3, 0.4) is 0 Å². The van der Waals surface area contributed by atoms with Gasteiger partial charge in [0.05, 0.1) is 0 Å². The fourth-order valence-corrected chi connectivity index (χ4v) is 2.12. The molecule has 0 saturated carbocycles. The van der Waals surface area contributed by atoms with Gasteiger partial charge in [-0.05, 0) is 0 Å². The quantitative estimate of drug-likeness (QED) is 0.379. The molecule has 2 N–H and O–H groups in total. The topological polar surface area (TPSA) is 58.2 Å². The lowest BCUT2D eigenvalue weighted by molar-refractivity contribution is -0.347. The summed E-state index contributed by atoms with van der Waals surface area (Å²) in [7, 11) is -23.3. The molecule has 0 heterocycles. The van der Waals surface area contributed by atoms with Gasteiger partial charge in [0, 0.05) is 0 Å². The van der Waals surface area contributed by atoms with E-state index < -0.39 is 65.8 Å². The Balaban J connectivity index is 6.36. The van der Waals surface area contributed by atoms with E-state index in [1.54, 1.807) is 0 Å². The van der Waals surface area contributed by atoms with E-state index in [4.69, 9.17) is 0 Å². The first kappa shape index (κ1) is 28.4. The summed E-state index contributed by atoms with van der Waals surface area (Å²) in [5.74, 6) is -42.7. The second-order valence-electron chi connectivity index (χ2n) is 5.10. The van der Waals surface area contributed by atoms with Crippen molar-refractivity contribution in [3.05, 3.63) is 0 Å². The largest absolute Gasteiger partial charge is 0.393 e. The maximum atomic E-state index is 13.1. The number of carbonyl (C=O) groups is 2. The molecule has 2 amide bonds. The summed E-state index contributed by atoms with van der Waals surface area (Å²) in [5, 5.41) is 0. The Morgan fingerprint density at radius 2 is 0.633 bits per heavy atom. The van der Waals surface area contributed by atoms with Crippen LogP contribution in [-0.2, 0) is 9.59 Å². The molecule has 0 spiro atoms. The summed E-state index contributed by atoms with van der Waals surface area (Å²) in [6.45, 7) is 0. The second kappa shape index (κ2) is 5.23. The third-order valence-corrected chi connectivity index (χ3v) is 3.47. The average Bonchev–Trinajstić information content (AvgIpc) is 2.29. The van der Waals surface area contributed by atoms with Crippen LogP contribution in [0.25, 0.3) is 0 Å². The fraction of sp³-hybridized carbons (Fsp3) is 0.667. The minimum absolute atomic E-state index is 2.04. The van der Waals surface area contributed by atoms with Crippen LogP contribution in [0.4, 0.5) is 74.0 Å². The van der Waals surface area contributed by atoms with Crippen molar-refractivity contribution in [1.29, 1.82) is 0 Å². The van der Waals surface area contributed by atoms with Gasteiger partial charge in [-0.15, -0.1) is 0 Å². The van der Waals surface area contributed by atoms with Gasteiger partial charge in [-0.3, -0.25) is 9.59 Å². The predicted octanol–water partition coefficient (Wildman–Crippen LogP) is 6.19. The van der Waals surface area contributed by atoms with E-state index in [1.807, 2.05) is 0 Å². The molecule has 24 heteroatoms. The van der Waals surface area contributed by atoms with Gasteiger partial charge in [-0.1, -0.05) is 38.9 Å². The summed E-state index contributed by atoms with van der Waals surface area (Å²) >= 11 is 0. The molecule has 0 aliphatic carbocycles. The fourth-order valence-electron chi connectivity index (χ4n) is 1.16. The molecule has 0 aromatic carbocycles. The molecule has 0 unspecified atom stereocenters. The molecule has 0 fully saturated rings. The minimum atomic E-state index is -11.7. The molecule has 0 atom stereocenters. The third-order valence-electron chi connectivity index (χ3n) is 2.32. The number of hydrogen-bond acceptors (Lipinski definition) is 2. The lowest BCUT2D eigenvalue weighted by Gasteiger charge is -2.43. The van der Waals surface area contributed by atoms with Crippen molar-refractivity contribution in [2.24, 2.45) is 0 Å². The number of carbonyl (C=O) groups excluding carboxylic acids is 2. The Morgan fingerprint density at radius 1 is 0.467 bits per heavy atom. The molecule has 0 bridgehead atoms. The molecule has 0 aromatic heterocycles. The number of halogens is 18. The summed E-state index contributed by atoms with van der Waals surface area (Å²) in [4.78, 5) is 20.7. The van der Waals surface area contributed by atoms with Gasteiger partial charge >= 0.3 is 56.3 Å². The van der Waals surface area contributed by atoms with Crippen molar-refractivity contribution in [2.75, 3.05) is 0 Å². The van der Waals surface area contributed by atoms with E-state index in [1.165, 1.54) is 0 Å². The first-order chi connectivity index (χ1) is 12.0. The molecule has 0 aliphatic rings. The van der Waals surface area contributed by atoms with E-state index in [9.17, 15) is 83.6 Å². The smallest absolute Gasteiger partial charge is 0.267 e. The average molecular weight is 540 g/mol. The lowest BCUT2D eigenvalue weighted by atomic mass is 9.98. The van der Waals surface area contributed by atoms with Gasteiger partial charge in [-0.25, -0.2) is 9.44 Å². The van der Waals surface area contributed by atoms with E-state index >= 15 is 0 Å². The lowest BCUT2D eigenvalue weighted by Crippen LogP contribution is -2.69. The molecule has 186 valence electrons. The van der Waals surface area contributed by atoms with Gasteiger partial charge in [0.2, 0.25) is 0 Å². The van der Waals surface area contributed by atoms with Gasteiger partial charge in [-0.2, -0.15) is 35.1 Å². The highest BCUT2D eigenvalue weighted by Crippen LogP contribution is 2.95. The van der Waals surface area contributed by atoms with Crippen LogP contribution in [0.2, 0.25) is 0 Å². The SMILES string of the molecule is O=C(NS(F)(F)(F)(F)F)C(F)(F)C(F)(F)C(F)(F)C(F)(F)C(=O)NS(F)(F)(F)(F)F. The Kier molecular flexibility index (Phi) is 4.94. The zero-order chi connectivity index (χ0) is 25.4. The van der Waals surface area contributed by atoms with Crippen LogP contribution >= 0.6 is 20.8 Å². The molecule has 0 saturated heterocycles. The van der Waals surface area contributed by atoms with Crippen molar-refractivity contribution in [2.45, 2.75) is 23.7 Å². The van der Waals surface area contributed by atoms with E-state index in [2.05, 4.69) is 0 Å². The number of rotatable bonds is 7. The highest BCUT2D eigenvalue weighted by atomic mass is 32.5. The standard InChI is InChI=1S/C6H2F18N2O2S2/c7-3(8,1(27)25-29(15,16,17,18)19)5(11,12)6(13,14)4(9,10)2(28)26-30(20,21,22,23)24/h(H,25,27)(H,26,28). The molecule has 0 aliphatic heterocycles. The maximum absolute atomic E-state index is 13.1. The van der Waals surface area contributed by atoms with Crippen molar-refractivity contribution in [3.63, 3.8) is 0 Å². The van der Waals surface area contributed by atoms with E-state index in [-0.39, 0.29) is 0 Å². The third kappa shape index (κ3) is 6.44. The van der Waals surface area contributed by atoms with E-state index in [0.29, 0.717) is 0 Å². The summed E-state index contributed by atoms with van der Waals surface area (Å²) in [6.07, 6.45) is 0. The number of nitrogens with one attached hydrogen (secondary N) is 2. The van der Waals surface area contributed by atoms with Crippen LogP contribution in [-0.4, -0.2) is 35.5 Å². The highest BCUT2D eigenvalue weighted by molar-refractivity contribution is 8.44. The molecule has 30 heavy (non-hydrogen) atoms. The van der Waals surface area contributed by atoms with Crippen LogP contribution < -0.4 is 9.44 Å². The number of alkyl halides is 8. The predicted molar refractivity (Wildman–Crippen MR) is 62.3 cm³/mol. The van der Waals surface area contributed by atoms with Crippen molar-refractivity contribution in [1.82, 2.24) is 9.44 Å². The molecule has 0 aromatic rings. The van der Waals surface area contributed by atoms with Gasteiger partial charge < -0.3 is 0 Å². The van der Waals surface area contributed by atoms with Gasteiger partial charge in [0.15, 0.2) is 0 Å². The monoisotopic (exact) mass is 540 g/mol. The maximum Gasteiger partial charge on any atom is 0.393 e. The van der Waals surface area contributed by atoms with Gasteiger partial charge in [0.1, 0.15) is 0 Å². The summed E-state index contributed by atoms with van der Waals surface area (Å²) < 4.78 is 218. The van der Waals surface area contributed by atoms with Crippen LogP contribution in [0, 0.1) is 0 Å². The van der Waals surface area contributed by atoms with Crippen molar-refractivity contribution < 1.29 is 83.6 Å². The Labute approximate surface area is 150 Å². The zero-order valence-corrected chi connectivity index (χ0v) is 14.1. The number of hydrogen-bond donors (Lipinski definition) is 2. The normalized spacial score (nSPS) is 19.7. The molecule has 0 radical (unpaired) electrons. The Hall–Kier alpha value is -1.62. The molecular weight excluding hydrogens is 538 g/mol. The zero-order valence-electron chi connectivity index (χ0n) is 12.4. The van der Waals surface area contributed by atoms with Crippen molar-refractivity contribution >= 4 is 32.6 Å². The van der Waals surface area contributed by atoms with Crippen LogP contribution in [0.5, 0.6) is 0 Å². The molecular formula is C6H2F18N2O2S2. The first-order valence-electron chi connectivity index (χ1n) is 5.62. The molecule has 4 nitrogen and oxygen atoms in total. The highest BCUT2D eigenvalue weighted by Gasteiger charge is 2.86. The van der Waals surface area contributed by atoms with Crippen LogP contribution in [0.15, 0.2) is 0 Å². The Morgan fingerprint density at radius 3 is 0.767 bits per heavy atom. The second-order valence-corrected chi connectivity index (χ2v) is 9.38. The Bertz CT molecular complexity index is 697.